The highest BCUT2D eigenvalue weighted by Gasteiger charge is 2.21. The van der Waals surface area contributed by atoms with E-state index in [0.717, 1.165) is 12.0 Å². The van der Waals surface area contributed by atoms with Crippen LogP contribution in [0.5, 0.6) is 0 Å². The molecule has 3 heteroatoms. The molecular weight excluding hydrogens is 237 g/mol. The molecule has 1 nitrogen and oxygen atoms in total. The molecular formula is C14H21ClFN. The molecule has 0 amide bonds. The number of hydrogen-bond donors (Lipinski definition) is 1. The number of rotatable bonds is 5. The summed E-state index contributed by atoms with van der Waals surface area (Å²) in [6.07, 6.45) is 0.874. The second-order valence-corrected chi connectivity index (χ2v) is 5.33. The Labute approximate surface area is 108 Å². The smallest absolute Gasteiger partial charge is 0.124 e. The maximum absolute atomic E-state index is 13.0. The summed E-state index contributed by atoms with van der Waals surface area (Å²) in [5.41, 5.74) is 1.02. The molecule has 2 atom stereocenters. The van der Waals surface area contributed by atoms with Gasteiger partial charge >= 0.3 is 0 Å². The normalized spacial score (nSPS) is 15.0. The molecule has 0 aliphatic heterocycles. The van der Waals surface area contributed by atoms with E-state index in [1.807, 2.05) is 7.05 Å². The maximum atomic E-state index is 13.0. The van der Waals surface area contributed by atoms with Crippen molar-refractivity contribution in [3.63, 3.8) is 0 Å². The lowest BCUT2D eigenvalue weighted by molar-refractivity contribution is 0.300. The van der Waals surface area contributed by atoms with Crippen molar-refractivity contribution < 1.29 is 4.39 Å². The first-order valence-electron chi connectivity index (χ1n) is 6.07. The lowest BCUT2D eigenvalue weighted by Crippen LogP contribution is -2.35. The maximum Gasteiger partial charge on any atom is 0.124 e. The SMILES string of the molecule is CNC(C)C(Cc1ccc(F)cc1Cl)C(C)C. The van der Waals surface area contributed by atoms with Gasteiger partial charge in [-0.2, -0.15) is 0 Å². The van der Waals surface area contributed by atoms with Crippen LogP contribution in [-0.4, -0.2) is 13.1 Å². The minimum Gasteiger partial charge on any atom is -0.317 e. The molecule has 0 aromatic heterocycles. The average molecular weight is 258 g/mol. The first kappa shape index (κ1) is 14.5. The van der Waals surface area contributed by atoms with Crippen LogP contribution in [-0.2, 0) is 6.42 Å². The molecule has 1 N–H and O–H groups in total. The van der Waals surface area contributed by atoms with Crippen LogP contribution in [0.25, 0.3) is 0 Å². The summed E-state index contributed by atoms with van der Waals surface area (Å²) in [4.78, 5) is 0. The van der Waals surface area contributed by atoms with Gasteiger partial charge in [-0.25, -0.2) is 4.39 Å². The fraction of sp³-hybridized carbons (Fsp3) is 0.571. The number of halogens is 2. The Hall–Kier alpha value is -0.600. The summed E-state index contributed by atoms with van der Waals surface area (Å²) in [5.74, 6) is 0.767. The quantitative estimate of drug-likeness (QED) is 0.844. The van der Waals surface area contributed by atoms with E-state index in [9.17, 15) is 4.39 Å². The van der Waals surface area contributed by atoms with Crippen molar-refractivity contribution in [3.05, 3.63) is 34.6 Å². The van der Waals surface area contributed by atoms with Gasteiger partial charge in [-0.05, 0) is 49.9 Å². The van der Waals surface area contributed by atoms with Crippen LogP contribution in [0.2, 0.25) is 5.02 Å². The van der Waals surface area contributed by atoms with Crippen LogP contribution in [0.3, 0.4) is 0 Å². The standard InChI is InChI=1S/C14H21ClFN/c1-9(2)13(10(3)17-4)7-11-5-6-12(16)8-14(11)15/h5-6,8-10,13,17H,7H2,1-4H3. The van der Waals surface area contributed by atoms with E-state index in [1.54, 1.807) is 6.07 Å². The molecule has 0 bridgehead atoms. The van der Waals surface area contributed by atoms with E-state index in [2.05, 4.69) is 26.1 Å². The Kier molecular flexibility index (Phi) is 5.41. The summed E-state index contributed by atoms with van der Waals surface area (Å²) < 4.78 is 13.0. The number of benzene rings is 1. The van der Waals surface area contributed by atoms with E-state index < -0.39 is 0 Å². The second kappa shape index (κ2) is 6.36. The predicted molar refractivity (Wildman–Crippen MR) is 72.0 cm³/mol. The molecule has 17 heavy (non-hydrogen) atoms. The number of nitrogens with one attached hydrogen (secondary N) is 1. The van der Waals surface area contributed by atoms with Crippen molar-refractivity contribution in [3.8, 4) is 0 Å². The van der Waals surface area contributed by atoms with E-state index in [4.69, 9.17) is 11.6 Å². The Bertz CT molecular complexity index is 365. The molecule has 96 valence electrons. The highest BCUT2D eigenvalue weighted by Crippen LogP contribution is 2.25. The Balaban J connectivity index is 2.86. The molecule has 0 saturated carbocycles. The monoisotopic (exact) mass is 257 g/mol. The first-order chi connectivity index (χ1) is 7.95. The Morgan fingerprint density at radius 3 is 2.41 bits per heavy atom. The van der Waals surface area contributed by atoms with Crippen molar-refractivity contribution in [1.29, 1.82) is 0 Å². The second-order valence-electron chi connectivity index (χ2n) is 4.93. The lowest BCUT2D eigenvalue weighted by atomic mass is 9.84. The molecule has 1 rings (SSSR count). The van der Waals surface area contributed by atoms with Crippen LogP contribution in [0.15, 0.2) is 18.2 Å². The van der Waals surface area contributed by atoms with Crippen LogP contribution in [0.1, 0.15) is 26.3 Å². The fourth-order valence-electron chi connectivity index (χ4n) is 2.15. The highest BCUT2D eigenvalue weighted by atomic mass is 35.5. The van der Waals surface area contributed by atoms with Gasteiger partial charge in [-0.3, -0.25) is 0 Å². The third kappa shape index (κ3) is 3.97. The molecule has 0 aliphatic carbocycles. The van der Waals surface area contributed by atoms with Crippen LogP contribution >= 0.6 is 11.6 Å². The zero-order chi connectivity index (χ0) is 13.0. The van der Waals surface area contributed by atoms with E-state index in [-0.39, 0.29) is 5.82 Å². The van der Waals surface area contributed by atoms with Crippen molar-refractivity contribution in [2.45, 2.75) is 33.2 Å². The molecule has 0 aliphatic rings. The molecule has 0 heterocycles. The Morgan fingerprint density at radius 2 is 1.94 bits per heavy atom. The van der Waals surface area contributed by atoms with Gasteiger partial charge in [0.1, 0.15) is 5.82 Å². The molecule has 0 saturated heterocycles. The zero-order valence-electron chi connectivity index (χ0n) is 10.9. The average Bonchev–Trinajstić information content (AvgIpc) is 2.26. The first-order valence-corrected chi connectivity index (χ1v) is 6.44. The van der Waals surface area contributed by atoms with Gasteiger partial charge in [0.15, 0.2) is 0 Å². The lowest BCUT2D eigenvalue weighted by Gasteiger charge is -2.27. The molecule has 0 radical (unpaired) electrons. The van der Waals surface area contributed by atoms with Gasteiger partial charge in [0.2, 0.25) is 0 Å². The molecule has 2 unspecified atom stereocenters. The van der Waals surface area contributed by atoms with Gasteiger partial charge in [0, 0.05) is 11.1 Å². The fourth-order valence-corrected chi connectivity index (χ4v) is 2.39. The summed E-state index contributed by atoms with van der Waals surface area (Å²) in [7, 11) is 1.96. The van der Waals surface area contributed by atoms with Gasteiger partial charge in [-0.15, -0.1) is 0 Å². The van der Waals surface area contributed by atoms with Gasteiger partial charge < -0.3 is 5.32 Å². The van der Waals surface area contributed by atoms with Crippen molar-refractivity contribution in [1.82, 2.24) is 5.32 Å². The summed E-state index contributed by atoms with van der Waals surface area (Å²) >= 11 is 6.07. The van der Waals surface area contributed by atoms with E-state index in [1.165, 1.54) is 12.1 Å². The van der Waals surface area contributed by atoms with E-state index in [0.29, 0.717) is 22.9 Å². The molecule has 1 aromatic carbocycles. The molecule has 0 fully saturated rings. The predicted octanol–water partition coefficient (Wildman–Crippen LogP) is 3.90. The molecule has 1 aromatic rings. The van der Waals surface area contributed by atoms with Crippen LogP contribution in [0.4, 0.5) is 4.39 Å². The van der Waals surface area contributed by atoms with Crippen molar-refractivity contribution >= 4 is 11.6 Å². The van der Waals surface area contributed by atoms with Crippen LogP contribution < -0.4 is 5.32 Å². The zero-order valence-corrected chi connectivity index (χ0v) is 11.7. The highest BCUT2D eigenvalue weighted by molar-refractivity contribution is 6.31. The minimum absolute atomic E-state index is 0.276. The minimum atomic E-state index is -0.276. The van der Waals surface area contributed by atoms with Crippen LogP contribution in [0, 0.1) is 17.7 Å². The van der Waals surface area contributed by atoms with Gasteiger partial charge in [0.05, 0.1) is 0 Å². The molecule has 0 spiro atoms. The number of hydrogen-bond acceptors (Lipinski definition) is 1. The summed E-state index contributed by atoms with van der Waals surface area (Å²) in [6, 6.07) is 5.06. The van der Waals surface area contributed by atoms with Crippen molar-refractivity contribution in [2.75, 3.05) is 7.05 Å². The van der Waals surface area contributed by atoms with Crippen molar-refractivity contribution in [2.24, 2.45) is 11.8 Å². The summed E-state index contributed by atoms with van der Waals surface area (Å²) in [6.45, 7) is 6.58. The topological polar surface area (TPSA) is 12.0 Å². The largest absolute Gasteiger partial charge is 0.317 e. The third-order valence-corrected chi connectivity index (χ3v) is 3.78. The van der Waals surface area contributed by atoms with Gasteiger partial charge in [-0.1, -0.05) is 31.5 Å². The van der Waals surface area contributed by atoms with Gasteiger partial charge in [0.25, 0.3) is 0 Å². The Morgan fingerprint density at radius 1 is 1.29 bits per heavy atom. The summed E-state index contributed by atoms with van der Waals surface area (Å²) in [5, 5.41) is 3.81. The van der Waals surface area contributed by atoms with E-state index >= 15 is 0 Å². The third-order valence-electron chi connectivity index (χ3n) is 3.42.